The van der Waals surface area contributed by atoms with Crippen LogP contribution in [0.2, 0.25) is 0 Å². The van der Waals surface area contributed by atoms with Gasteiger partial charge in [-0.15, -0.1) is 0 Å². The topological polar surface area (TPSA) is 213 Å². The lowest BCUT2D eigenvalue weighted by Gasteiger charge is -2.29. The van der Waals surface area contributed by atoms with Crippen molar-refractivity contribution in [3.8, 4) is 0 Å². The molecule has 1 atom stereocenters. The second-order valence-corrected chi connectivity index (χ2v) is 6.61. The van der Waals surface area contributed by atoms with Gasteiger partial charge in [0.15, 0.2) is 11.6 Å². The number of Topliss-reactive ketones (excluding diaryl/α,β-unsaturated/α-hetero) is 1. The first-order valence-corrected chi connectivity index (χ1v) is 8.76. The standard InChI is InChI=1S/C16H19N9O4/c17-9-1-5-11(14(28)23-9)21-6(2-19-5)10(8(27)4-26)7-3-20-13-12(22-7)15(29)25-16(18)24-13/h9,19,22,26H,1-4,17H2,(H,23,28)(H4,18,20,24,25,29). The van der Waals surface area contributed by atoms with Gasteiger partial charge in [-0.2, -0.15) is 4.98 Å². The Morgan fingerprint density at radius 2 is 2.03 bits per heavy atom. The highest BCUT2D eigenvalue weighted by Gasteiger charge is 2.32. The minimum absolute atomic E-state index is 0.0519. The molecular weight excluding hydrogens is 382 g/mol. The van der Waals surface area contributed by atoms with Crippen LogP contribution in [0.25, 0.3) is 0 Å². The molecule has 0 bridgehead atoms. The van der Waals surface area contributed by atoms with Gasteiger partial charge in [0.2, 0.25) is 5.95 Å². The number of nitrogens with zero attached hydrogens (tertiary/aromatic N) is 2. The molecule has 4 heterocycles. The molecule has 4 rings (SSSR count). The SMILES string of the molecule is Nc1nc2c(c(=O)[nH]1)NC(=C(C(=O)CO)C1=NC3=C(CC(N)NC3=O)NC1)CN2. The van der Waals surface area contributed by atoms with Crippen molar-refractivity contribution in [2.24, 2.45) is 10.7 Å². The van der Waals surface area contributed by atoms with E-state index >= 15 is 0 Å². The second kappa shape index (κ2) is 7.03. The molecule has 1 amide bonds. The van der Waals surface area contributed by atoms with E-state index in [0.717, 1.165) is 0 Å². The summed E-state index contributed by atoms with van der Waals surface area (Å²) in [7, 11) is 0. The van der Waals surface area contributed by atoms with Crippen molar-refractivity contribution in [3.63, 3.8) is 0 Å². The van der Waals surface area contributed by atoms with Crippen LogP contribution < -0.4 is 38.3 Å². The molecule has 0 radical (unpaired) electrons. The maximum Gasteiger partial charge on any atom is 0.278 e. The fourth-order valence-corrected chi connectivity index (χ4v) is 3.36. The molecule has 0 aliphatic carbocycles. The van der Waals surface area contributed by atoms with E-state index in [2.05, 4.69) is 36.2 Å². The first kappa shape index (κ1) is 18.6. The number of rotatable bonds is 3. The van der Waals surface area contributed by atoms with Gasteiger partial charge in [0.05, 0.1) is 30.5 Å². The highest BCUT2D eigenvalue weighted by Crippen LogP contribution is 2.26. The Balaban J connectivity index is 1.78. The first-order chi connectivity index (χ1) is 13.9. The number of amides is 1. The Kier molecular flexibility index (Phi) is 4.52. The van der Waals surface area contributed by atoms with Crippen LogP contribution in [-0.2, 0) is 9.59 Å². The molecule has 152 valence electrons. The lowest BCUT2D eigenvalue weighted by molar-refractivity contribution is -0.119. The quantitative estimate of drug-likeness (QED) is 0.241. The van der Waals surface area contributed by atoms with E-state index in [1.165, 1.54) is 0 Å². The van der Waals surface area contributed by atoms with Crippen LogP contribution in [0.3, 0.4) is 0 Å². The third-order valence-corrected chi connectivity index (χ3v) is 4.62. The summed E-state index contributed by atoms with van der Waals surface area (Å²) in [5.41, 5.74) is 12.2. The Morgan fingerprint density at radius 3 is 2.79 bits per heavy atom. The van der Waals surface area contributed by atoms with Crippen LogP contribution in [0.4, 0.5) is 17.5 Å². The zero-order chi connectivity index (χ0) is 20.7. The van der Waals surface area contributed by atoms with E-state index in [0.29, 0.717) is 17.8 Å². The number of aromatic amines is 1. The van der Waals surface area contributed by atoms with Gasteiger partial charge in [-0.25, -0.2) is 4.99 Å². The van der Waals surface area contributed by atoms with Gasteiger partial charge >= 0.3 is 0 Å². The lowest BCUT2D eigenvalue weighted by atomic mass is 9.99. The van der Waals surface area contributed by atoms with Crippen LogP contribution in [0, 0.1) is 0 Å². The molecule has 0 saturated carbocycles. The van der Waals surface area contributed by atoms with Crippen molar-refractivity contribution in [1.82, 2.24) is 20.6 Å². The van der Waals surface area contributed by atoms with Crippen molar-refractivity contribution in [2.45, 2.75) is 12.6 Å². The number of aliphatic hydroxyl groups excluding tert-OH is 1. The van der Waals surface area contributed by atoms with Gasteiger partial charge in [-0.05, 0) is 0 Å². The van der Waals surface area contributed by atoms with Crippen molar-refractivity contribution < 1.29 is 14.7 Å². The van der Waals surface area contributed by atoms with E-state index in [4.69, 9.17) is 11.5 Å². The third-order valence-electron chi connectivity index (χ3n) is 4.62. The molecule has 3 aliphatic heterocycles. The van der Waals surface area contributed by atoms with Crippen molar-refractivity contribution >= 4 is 34.9 Å². The maximum absolute atomic E-state index is 12.5. The number of ketones is 1. The normalized spacial score (nSPS) is 22.2. The van der Waals surface area contributed by atoms with Gasteiger partial charge in [0, 0.05) is 17.8 Å². The van der Waals surface area contributed by atoms with Crippen LogP contribution in [-0.4, -0.2) is 58.3 Å². The predicted molar refractivity (Wildman–Crippen MR) is 104 cm³/mol. The first-order valence-electron chi connectivity index (χ1n) is 8.76. The van der Waals surface area contributed by atoms with Gasteiger partial charge < -0.3 is 37.8 Å². The van der Waals surface area contributed by atoms with Crippen LogP contribution >= 0.6 is 0 Å². The van der Waals surface area contributed by atoms with E-state index in [9.17, 15) is 19.5 Å². The molecule has 29 heavy (non-hydrogen) atoms. The summed E-state index contributed by atoms with van der Waals surface area (Å²) in [6.45, 7) is -0.522. The van der Waals surface area contributed by atoms with E-state index in [1.807, 2.05) is 0 Å². The van der Waals surface area contributed by atoms with Crippen LogP contribution in [0.15, 0.2) is 32.5 Å². The number of carbonyl (C=O) groups is 2. The van der Waals surface area contributed by atoms with E-state index in [-0.39, 0.29) is 47.5 Å². The van der Waals surface area contributed by atoms with Crippen LogP contribution in [0.1, 0.15) is 6.42 Å². The average Bonchev–Trinajstić information content (AvgIpc) is 2.68. The highest BCUT2D eigenvalue weighted by atomic mass is 16.3. The summed E-state index contributed by atoms with van der Waals surface area (Å²) in [5.74, 6) is -0.889. The number of anilines is 3. The molecule has 1 unspecified atom stereocenters. The highest BCUT2D eigenvalue weighted by molar-refractivity contribution is 6.25. The minimum atomic E-state index is -0.772. The number of nitrogens with one attached hydrogen (secondary N) is 5. The molecule has 0 saturated heterocycles. The van der Waals surface area contributed by atoms with Gasteiger partial charge in [0.25, 0.3) is 11.5 Å². The smallest absolute Gasteiger partial charge is 0.278 e. The summed E-state index contributed by atoms with van der Waals surface area (Å²) < 4.78 is 0. The lowest BCUT2D eigenvalue weighted by Crippen LogP contribution is -2.49. The number of H-pyrrole nitrogens is 1. The Labute approximate surface area is 163 Å². The minimum Gasteiger partial charge on any atom is -0.388 e. The third kappa shape index (κ3) is 3.32. The molecule has 10 N–H and O–H groups in total. The molecule has 13 nitrogen and oxygen atoms in total. The molecule has 0 fully saturated rings. The zero-order valence-electron chi connectivity index (χ0n) is 15.1. The predicted octanol–water partition coefficient (Wildman–Crippen LogP) is -2.93. The number of hydrogen-bond donors (Lipinski definition) is 8. The Hall–Kier alpha value is -3.71. The second-order valence-electron chi connectivity index (χ2n) is 6.61. The fourth-order valence-electron chi connectivity index (χ4n) is 3.36. The summed E-state index contributed by atoms with van der Waals surface area (Å²) in [6, 6.07) is 0. The average molecular weight is 401 g/mol. The van der Waals surface area contributed by atoms with Crippen molar-refractivity contribution in [3.05, 3.63) is 33.0 Å². The van der Waals surface area contributed by atoms with Gasteiger partial charge in [-0.1, -0.05) is 0 Å². The van der Waals surface area contributed by atoms with Crippen molar-refractivity contribution in [1.29, 1.82) is 0 Å². The van der Waals surface area contributed by atoms with Gasteiger partial charge in [-0.3, -0.25) is 19.4 Å². The Morgan fingerprint density at radius 1 is 1.24 bits per heavy atom. The summed E-state index contributed by atoms with van der Waals surface area (Å²) in [6.07, 6.45) is -0.136. The summed E-state index contributed by atoms with van der Waals surface area (Å²) in [5, 5.41) is 20.9. The fraction of sp³-hybridized carbons (Fsp3) is 0.312. The zero-order valence-corrected chi connectivity index (χ0v) is 15.1. The van der Waals surface area contributed by atoms with E-state index < -0.39 is 30.0 Å². The Bertz CT molecular complexity index is 1070. The van der Waals surface area contributed by atoms with Gasteiger partial charge in [0.1, 0.15) is 18.0 Å². The summed E-state index contributed by atoms with van der Waals surface area (Å²) >= 11 is 0. The molecule has 1 aromatic rings. The van der Waals surface area contributed by atoms with Crippen molar-refractivity contribution in [2.75, 3.05) is 36.1 Å². The molecule has 0 spiro atoms. The number of aromatic nitrogens is 2. The number of carbonyl (C=O) groups excluding carboxylic acids is 2. The van der Waals surface area contributed by atoms with E-state index in [1.54, 1.807) is 0 Å². The number of nitrogen functional groups attached to an aromatic ring is 1. The molecular formula is C16H19N9O4. The molecule has 1 aromatic heterocycles. The number of fused-ring (bicyclic) bond motifs is 1. The monoisotopic (exact) mass is 401 g/mol. The molecule has 3 aliphatic rings. The number of hydrogen-bond acceptors (Lipinski definition) is 11. The number of aliphatic hydroxyl groups is 1. The number of nitrogens with two attached hydrogens (primary N) is 2. The maximum atomic E-state index is 12.5. The van der Waals surface area contributed by atoms with Crippen LogP contribution in [0.5, 0.6) is 0 Å². The molecule has 13 heteroatoms. The molecule has 0 aromatic carbocycles. The largest absolute Gasteiger partial charge is 0.388 e. The summed E-state index contributed by atoms with van der Waals surface area (Å²) in [4.78, 5) is 47.6. The number of aliphatic imine (C=N–C) groups is 1.